The van der Waals surface area contributed by atoms with Crippen molar-refractivity contribution >= 4 is 0 Å². The second kappa shape index (κ2) is 6.28. The lowest BCUT2D eigenvalue weighted by Crippen LogP contribution is -2.20. The molecular weight excluding hydrogens is 182 g/mol. The molecule has 0 amide bonds. The first-order chi connectivity index (χ1) is 6.61. The number of hydrogen-bond donors (Lipinski definition) is 1. The van der Waals surface area contributed by atoms with Gasteiger partial charge >= 0.3 is 0 Å². The van der Waals surface area contributed by atoms with E-state index < -0.39 is 0 Å². The van der Waals surface area contributed by atoms with Gasteiger partial charge in [0, 0.05) is 11.7 Å². The van der Waals surface area contributed by atoms with Crippen molar-refractivity contribution in [2.24, 2.45) is 5.92 Å². The summed E-state index contributed by atoms with van der Waals surface area (Å²) in [6.07, 6.45) is 0. The van der Waals surface area contributed by atoms with E-state index in [-0.39, 0.29) is 7.43 Å². The lowest BCUT2D eigenvalue weighted by Gasteiger charge is -2.19. The molecule has 1 aromatic carbocycles. The van der Waals surface area contributed by atoms with E-state index in [2.05, 4.69) is 56.9 Å². The van der Waals surface area contributed by atoms with Gasteiger partial charge in [0.2, 0.25) is 0 Å². The van der Waals surface area contributed by atoms with Gasteiger partial charge in [-0.1, -0.05) is 58.2 Å². The van der Waals surface area contributed by atoms with E-state index >= 15 is 0 Å². The fraction of sp³-hybridized carbons (Fsp3) is 0.429. The third-order valence-electron chi connectivity index (χ3n) is 2.40. The highest BCUT2D eigenvalue weighted by atomic mass is 14.9. The van der Waals surface area contributed by atoms with Crippen molar-refractivity contribution in [3.63, 3.8) is 0 Å². The molecule has 0 radical (unpaired) electrons. The predicted molar refractivity (Wildman–Crippen MR) is 68.7 cm³/mol. The maximum Gasteiger partial charge on any atom is 0.0482 e. The number of nitrogens with one attached hydrogen (secondary N) is 1. The first kappa shape index (κ1) is 13.8. The molecule has 1 atom stereocenters. The number of hydrogen-bond acceptors (Lipinski definition) is 1. The second-order valence-corrected chi connectivity index (χ2v) is 3.96. The first-order valence-electron chi connectivity index (χ1n) is 5.11. The molecule has 0 saturated heterocycles. The molecule has 0 aliphatic carbocycles. The van der Waals surface area contributed by atoms with Gasteiger partial charge in [-0.3, -0.25) is 0 Å². The molecule has 0 fully saturated rings. The number of benzene rings is 1. The summed E-state index contributed by atoms with van der Waals surface area (Å²) >= 11 is 0. The molecule has 0 heterocycles. The molecule has 0 bridgehead atoms. The molecule has 1 unspecified atom stereocenters. The minimum atomic E-state index is 0. The van der Waals surface area contributed by atoms with Crippen molar-refractivity contribution < 1.29 is 0 Å². The predicted octanol–water partition coefficient (Wildman–Crippen LogP) is 4.14. The zero-order valence-corrected chi connectivity index (χ0v) is 9.25. The van der Waals surface area contributed by atoms with Gasteiger partial charge in [-0.15, -0.1) is 0 Å². The van der Waals surface area contributed by atoms with Gasteiger partial charge in [0.05, 0.1) is 0 Å². The van der Waals surface area contributed by atoms with Crippen LogP contribution in [0, 0.1) is 5.92 Å². The smallest absolute Gasteiger partial charge is 0.0482 e. The maximum absolute atomic E-state index is 4.01. The van der Waals surface area contributed by atoms with Crippen molar-refractivity contribution in [2.45, 2.75) is 34.2 Å². The summed E-state index contributed by atoms with van der Waals surface area (Å²) in [6.45, 7) is 10.5. The summed E-state index contributed by atoms with van der Waals surface area (Å²) in [4.78, 5) is 0. The van der Waals surface area contributed by atoms with Gasteiger partial charge in [-0.05, 0) is 18.4 Å². The Morgan fingerprint density at radius 2 is 1.67 bits per heavy atom. The molecule has 15 heavy (non-hydrogen) atoms. The van der Waals surface area contributed by atoms with Crippen LogP contribution >= 0.6 is 0 Å². The Balaban J connectivity index is 0.00000196. The lowest BCUT2D eigenvalue weighted by molar-refractivity contribution is 0.581. The maximum atomic E-state index is 4.01. The Morgan fingerprint density at radius 3 is 2.13 bits per heavy atom. The summed E-state index contributed by atoms with van der Waals surface area (Å²) in [5.74, 6) is 0.487. The zero-order chi connectivity index (χ0) is 10.6. The summed E-state index contributed by atoms with van der Waals surface area (Å²) in [5, 5.41) is 3.40. The van der Waals surface area contributed by atoms with Crippen LogP contribution in [0.2, 0.25) is 0 Å². The van der Waals surface area contributed by atoms with Gasteiger partial charge in [0.25, 0.3) is 0 Å². The van der Waals surface area contributed by atoms with E-state index in [1.165, 1.54) is 5.56 Å². The first-order valence-corrected chi connectivity index (χ1v) is 5.11. The van der Waals surface area contributed by atoms with Crippen molar-refractivity contribution in [1.29, 1.82) is 0 Å². The molecule has 0 aromatic heterocycles. The number of allylic oxidation sites excluding steroid dienone is 1. The second-order valence-electron chi connectivity index (χ2n) is 3.96. The Kier molecular flexibility index (Phi) is 5.76. The van der Waals surface area contributed by atoms with Crippen LogP contribution in [0.25, 0.3) is 0 Å². The monoisotopic (exact) mass is 205 g/mol. The van der Waals surface area contributed by atoms with E-state index in [1.807, 2.05) is 6.07 Å². The Labute approximate surface area is 94.2 Å². The molecular formula is C14H23N. The van der Waals surface area contributed by atoms with Gasteiger partial charge in [0.1, 0.15) is 0 Å². The highest BCUT2D eigenvalue weighted by Crippen LogP contribution is 2.15. The summed E-state index contributed by atoms with van der Waals surface area (Å²) in [6, 6.07) is 10.8. The Bertz CT molecular complexity index is 287. The highest BCUT2D eigenvalue weighted by Gasteiger charge is 2.06. The molecule has 0 spiro atoms. The van der Waals surface area contributed by atoms with Crippen LogP contribution in [0.1, 0.15) is 39.8 Å². The van der Waals surface area contributed by atoms with Crippen molar-refractivity contribution in [2.75, 3.05) is 0 Å². The Hall–Kier alpha value is -1.24. The summed E-state index contributed by atoms with van der Waals surface area (Å²) in [5.41, 5.74) is 2.40. The van der Waals surface area contributed by atoms with Gasteiger partial charge < -0.3 is 5.32 Å². The van der Waals surface area contributed by atoms with Gasteiger partial charge in [0.15, 0.2) is 0 Å². The largest absolute Gasteiger partial charge is 0.382 e. The molecule has 0 saturated carbocycles. The fourth-order valence-corrected chi connectivity index (χ4v) is 1.27. The van der Waals surface area contributed by atoms with Gasteiger partial charge in [-0.2, -0.15) is 0 Å². The molecule has 0 aliphatic heterocycles. The van der Waals surface area contributed by atoms with Crippen LogP contribution in [0.15, 0.2) is 42.6 Å². The van der Waals surface area contributed by atoms with E-state index in [1.54, 1.807) is 0 Å². The fourth-order valence-electron chi connectivity index (χ4n) is 1.27. The average molecular weight is 205 g/mol. The topological polar surface area (TPSA) is 12.0 Å². The number of rotatable bonds is 4. The van der Waals surface area contributed by atoms with Crippen molar-refractivity contribution in [3.05, 3.63) is 48.2 Å². The minimum absolute atomic E-state index is 0. The van der Waals surface area contributed by atoms with Crippen LogP contribution in [0.5, 0.6) is 0 Å². The van der Waals surface area contributed by atoms with E-state index in [0.717, 1.165) is 5.70 Å². The van der Waals surface area contributed by atoms with Crippen LogP contribution in [-0.4, -0.2) is 0 Å². The molecule has 0 aliphatic rings. The molecule has 1 heteroatoms. The van der Waals surface area contributed by atoms with Gasteiger partial charge in [-0.25, -0.2) is 0 Å². The summed E-state index contributed by atoms with van der Waals surface area (Å²) in [7, 11) is 0. The van der Waals surface area contributed by atoms with Crippen molar-refractivity contribution in [1.82, 2.24) is 5.32 Å². The van der Waals surface area contributed by atoms with Crippen molar-refractivity contribution in [3.8, 4) is 0 Å². The van der Waals surface area contributed by atoms with E-state index in [4.69, 9.17) is 0 Å². The normalized spacial score (nSPS) is 11.7. The zero-order valence-electron chi connectivity index (χ0n) is 9.25. The standard InChI is InChI=1S/C13H19N.CH4/c1-10(2)11(3)14-12(4)13-8-6-5-7-9-13;/h5-10,12,14H,3H2,1-2,4H3;1H4. The molecule has 1 nitrogen and oxygen atoms in total. The van der Waals surface area contributed by atoms with E-state index in [9.17, 15) is 0 Å². The molecule has 1 aromatic rings. The highest BCUT2D eigenvalue weighted by molar-refractivity contribution is 5.19. The molecule has 1 rings (SSSR count). The molecule has 1 N–H and O–H groups in total. The quantitative estimate of drug-likeness (QED) is 0.779. The van der Waals surface area contributed by atoms with Crippen LogP contribution in [0.4, 0.5) is 0 Å². The summed E-state index contributed by atoms with van der Waals surface area (Å²) < 4.78 is 0. The van der Waals surface area contributed by atoms with Crippen LogP contribution in [-0.2, 0) is 0 Å². The minimum Gasteiger partial charge on any atom is -0.382 e. The Morgan fingerprint density at radius 1 is 1.13 bits per heavy atom. The van der Waals surface area contributed by atoms with Crippen LogP contribution in [0.3, 0.4) is 0 Å². The van der Waals surface area contributed by atoms with E-state index in [0.29, 0.717) is 12.0 Å². The molecule has 84 valence electrons. The third kappa shape index (κ3) is 4.20. The SMILES string of the molecule is C.C=C(NC(C)c1ccccc1)C(C)C. The van der Waals surface area contributed by atoms with Crippen LogP contribution < -0.4 is 5.32 Å². The lowest BCUT2D eigenvalue weighted by atomic mass is 10.1. The third-order valence-corrected chi connectivity index (χ3v) is 2.40. The average Bonchev–Trinajstić information content (AvgIpc) is 2.19.